The fourth-order valence-corrected chi connectivity index (χ4v) is 3.41. The van der Waals surface area contributed by atoms with Gasteiger partial charge in [0, 0.05) is 19.0 Å². The Morgan fingerprint density at radius 2 is 2.24 bits per heavy atom. The molecule has 0 unspecified atom stereocenters. The minimum Gasteiger partial charge on any atom is -0.488 e. The minimum absolute atomic E-state index is 0.102. The molecule has 21 heavy (non-hydrogen) atoms. The van der Waals surface area contributed by atoms with E-state index in [-0.39, 0.29) is 17.9 Å². The lowest BCUT2D eigenvalue weighted by molar-refractivity contribution is -0.131. The van der Waals surface area contributed by atoms with Gasteiger partial charge in [0.15, 0.2) is 0 Å². The molecule has 4 rings (SSSR count). The van der Waals surface area contributed by atoms with E-state index in [0.717, 1.165) is 41.9 Å². The summed E-state index contributed by atoms with van der Waals surface area (Å²) < 4.78 is 7.14. The molecule has 0 spiro atoms. The van der Waals surface area contributed by atoms with Gasteiger partial charge < -0.3 is 15.4 Å². The maximum Gasteiger partial charge on any atom is 0.223 e. The van der Waals surface area contributed by atoms with Crippen molar-refractivity contribution in [1.29, 1.82) is 0 Å². The fourth-order valence-electron chi connectivity index (χ4n) is 2.72. The molecule has 2 N–H and O–H groups in total. The molecule has 2 heterocycles. The average Bonchev–Trinajstić information content (AvgIpc) is 2.86. The van der Waals surface area contributed by atoms with Gasteiger partial charge in [0.05, 0.1) is 16.3 Å². The van der Waals surface area contributed by atoms with Crippen molar-refractivity contribution in [2.45, 2.75) is 25.0 Å². The van der Waals surface area contributed by atoms with Gasteiger partial charge in [-0.2, -0.15) is 0 Å². The van der Waals surface area contributed by atoms with Crippen LogP contribution in [-0.4, -0.2) is 36.1 Å². The Morgan fingerprint density at radius 3 is 3.00 bits per heavy atom. The van der Waals surface area contributed by atoms with Crippen molar-refractivity contribution in [3.63, 3.8) is 0 Å². The van der Waals surface area contributed by atoms with Gasteiger partial charge in [0.25, 0.3) is 0 Å². The van der Waals surface area contributed by atoms with Crippen molar-refractivity contribution in [3.8, 4) is 5.75 Å². The lowest BCUT2D eigenvalue weighted by Gasteiger charge is -2.36. The number of ether oxygens (including phenoxy) is 1. The number of fused-ring (bicyclic) bond motifs is 1. The molecule has 2 aliphatic rings. The van der Waals surface area contributed by atoms with E-state index in [1.54, 1.807) is 11.3 Å². The van der Waals surface area contributed by atoms with Crippen LogP contribution in [0.25, 0.3) is 10.2 Å². The third kappa shape index (κ3) is 2.49. The maximum absolute atomic E-state index is 12.0. The highest BCUT2D eigenvalue weighted by atomic mass is 32.1. The van der Waals surface area contributed by atoms with Crippen molar-refractivity contribution in [3.05, 3.63) is 23.7 Å². The van der Waals surface area contributed by atoms with Crippen LogP contribution >= 0.6 is 11.3 Å². The molecule has 0 atom stereocenters. The summed E-state index contributed by atoms with van der Waals surface area (Å²) in [6.45, 7) is 1.79. The number of para-hydroxylation sites is 1. The molecule has 2 fully saturated rings. The molecular formula is C15H17N3O2S. The van der Waals surface area contributed by atoms with Crippen LogP contribution in [0.15, 0.2) is 23.7 Å². The SMILES string of the molecule is O=C(NC1CNC1)C1CC(Oc2cccc3scnc23)C1. The standard InChI is InChI=1S/C15H17N3O2S/c19-15(18-10-6-16-7-10)9-4-11(5-9)20-12-2-1-3-13-14(12)17-8-21-13/h1-3,8-11,16H,4-7H2,(H,18,19). The number of hydrogen-bond donors (Lipinski definition) is 2. The van der Waals surface area contributed by atoms with E-state index in [1.165, 1.54) is 0 Å². The van der Waals surface area contributed by atoms with Gasteiger partial charge in [-0.25, -0.2) is 4.98 Å². The summed E-state index contributed by atoms with van der Waals surface area (Å²) in [6, 6.07) is 6.31. The van der Waals surface area contributed by atoms with Crippen LogP contribution in [0.4, 0.5) is 0 Å². The number of nitrogens with zero attached hydrogens (tertiary/aromatic N) is 1. The zero-order chi connectivity index (χ0) is 14.2. The quantitative estimate of drug-likeness (QED) is 0.899. The number of nitrogens with one attached hydrogen (secondary N) is 2. The van der Waals surface area contributed by atoms with Crippen LogP contribution in [0.3, 0.4) is 0 Å². The molecule has 1 aromatic heterocycles. The highest BCUT2D eigenvalue weighted by molar-refractivity contribution is 7.16. The van der Waals surface area contributed by atoms with Gasteiger partial charge in [-0.05, 0) is 25.0 Å². The van der Waals surface area contributed by atoms with Crippen molar-refractivity contribution in [2.24, 2.45) is 5.92 Å². The van der Waals surface area contributed by atoms with Crippen LogP contribution in [-0.2, 0) is 4.79 Å². The second-order valence-corrected chi connectivity index (χ2v) is 6.61. The van der Waals surface area contributed by atoms with Gasteiger partial charge in [0.1, 0.15) is 17.4 Å². The normalized spacial score (nSPS) is 25.1. The summed E-state index contributed by atoms with van der Waals surface area (Å²) in [5, 5.41) is 6.21. The summed E-state index contributed by atoms with van der Waals surface area (Å²) >= 11 is 1.61. The van der Waals surface area contributed by atoms with E-state index >= 15 is 0 Å². The molecular weight excluding hydrogens is 286 g/mol. The van der Waals surface area contributed by atoms with Crippen LogP contribution in [0.1, 0.15) is 12.8 Å². The van der Waals surface area contributed by atoms with Crippen molar-refractivity contribution in [2.75, 3.05) is 13.1 Å². The van der Waals surface area contributed by atoms with E-state index in [2.05, 4.69) is 15.6 Å². The van der Waals surface area contributed by atoms with Crippen LogP contribution in [0.5, 0.6) is 5.75 Å². The summed E-state index contributed by atoms with van der Waals surface area (Å²) in [5.41, 5.74) is 2.76. The first-order valence-corrected chi connectivity index (χ1v) is 8.17. The molecule has 1 aliphatic carbocycles. The first-order valence-electron chi connectivity index (χ1n) is 7.29. The Balaban J connectivity index is 1.33. The third-order valence-electron chi connectivity index (χ3n) is 4.21. The van der Waals surface area contributed by atoms with Crippen molar-refractivity contribution in [1.82, 2.24) is 15.6 Å². The number of carbonyl (C=O) groups is 1. The minimum atomic E-state index is 0.102. The first kappa shape index (κ1) is 13.0. The molecule has 110 valence electrons. The van der Waals surface area contributed by atoms with E-state index in [1.807, 2.05) is 23.7 Å². The first-order chi connectivity index (χ1) is 10.3. The summed E-state index contributed by atoms with van der Waals surface area (Å²) in [5.74, 6) is 1.11. The number of rotatable bonds is 4. The highest BCUT2D eigenvalue weighted by Crippen LogP contribution is 2.34. The Hall–Kier alpha value is -1.66. The second kappa shape index (κ2) is 5.27. The average molecular weight is 303 g/mol. The molecule has 1 saturated carbocycles. The molecule has 0 radical (unpaired) electrons. The predicted octanol–water partition coefficient (Wildman–Crippen LogP) is 1.54. The molecule has 6 heteroatoms. The Kier molecular flexibility index (Phi) is 3.27. The van der Waals surface area contributed by atoms with Crippen molar-refractivity contribution >= 4 is 27.5 Å². The highest BCUT2D eigenvalue weighted by Gasteiger charge is 2.37. The van der Waals surface area contributed by atoms with Crippen LogP contribution in [0, 0.1) is 5.92 Å². The number of thiazole rings is 1. The number of hydrogen-bond acceptors (Lipinski definition) is 5. The number of aromatic nitrogens is 1. The van der Waals surface area contributed by atoms with Gasteiger partial charge >= 0.3 is 0 Å². The van der Waals surface area contributed by atoms with E-state index in [0.29, 0.717) is 6.04 Å². The van der Waals surface area contributed by atoms with Crippen LogP contribution in [0.2, 0.25) is 0 Å². The lowest BCUT2D eigenvalue weighted by Crippen LogP contribution is -2.59. The zero-order valence-corrected chi connectivity index (χ0v) is 12.4. The van der Waals surface area contributed by atoms with Crippen LogP contribution < -0.4 is 15.4 Å². The topological polar surface area (TPSA) is 63.2 Å². The smallest absolute Gasteiger partial charge is 0.223 e. The summed E-state index contributed by atoms with van der Waals surface area (Å²) in [6.07, 6.45) is 1.73. The Labute approximate surface area is 126 Å². The molecule has 5 nitrogen and oxygen atoms in total. The van der Waals surface area contributed by atoms with Gasteiger partial charge in [-0.3, -0.25) is 4.79 Å². The molecule has 2 aromatic rings. The summed E-state index contributed by atoms with van der Waals surface area (Å²) in [7, 11) is 0. The largest absolute Gasteiger partial charge is 0.488 e. The van der Waals surface area contributed by atoms with E-state index in [4.69, 9.17) is 4.74 Å². The molecule has 1 aliphatic heterocycles. The molecule has 1 aromatic carbocycles. The molecule has 0 bridgehead atoms. The monoisotopic (exact) mass is 303 g/mol. The lowest BCUT2D eigenvalue weighted by atomic mass is 9.81. The van der Waals surface area contributed by atoms with E-state index in [9.17, 15) is 4.79 Å². The molecule has 1 amide bonds. The van der Waals surface area contributed by atoms with Gasteiger partial charge in [-0.1, -0.05) is 6.07 Å². The zero-order valence-electron chi connectivity index (χ0n) is 11.5. The Bertz CT molecular complexity index is 662. The number of amides is 1. The van der Waals surface area contributed by atoms with Gasteiger partial charge in [0.2, 0.25) is 5.91 Å². The van der Waals surface area contributed by atoms with Gasteiger partial charge in [-0.15, -0.1) is 11.3 Å². The fraction of sp³-hybridized carbons (Fsp3) is 0.467. The Morgan fingerprint density at radius 1 is 1.38 bits per heavy atom. The number of carbonyl (C=O) groups excluding carboxylic acids is 1. The third-order valence-corrected chi connectivity index (χ3v) is 5.00. The van der Waals surface area contributed by atoms with Crippen molar-refractivity contribution < 1.29 is 9.53 Å². The maximum atomic E-state index is 12.0. The summed E-state index contributed by atoms with van der Waals surface area (Å²) in [4.78, 5) is 16.3. The predicted molar refractivity (Wildman–Crippen MR) is 81.6 cm³/mol. The molecule has 1 saturated heterocycles. The second-order valence-electron chi connectivity index (χ2n) is 5.73. The number of benzene rings is 1. The van der Waals surface area contributed by atoms with E-state index < -0.39 is 0 Å².